The number of carbonyl (C=O) groups is 3. The first kappa shape index (κ1) is 63.9. The van der Waals surface area contributed by atoms with Crippen LogP contribution in [0.1, 0.15) is 323 Å². The van der Waals surface area contributed by atoms with Crippen LogP contribution in [0.25, 0.3) is 0 Å². The monoisotopic (exact) mass is 929 g/mol. The van der Waals surface area contributed by atoms with E-state index in [1.165, 1.54) is 225 Å². The lowest BCUT2D eigenvalue weighted by molar-refractivity contribution is -0.167. The first-order valence-corrected chi connectivity index (χ1v) is 29.3. The Kier molecular flexibility index (Phi) is 53.7. The maximum absolute atomic E-state index is 12.8. The van der Waals surface area contributed by atoms with Gasteiger partial charge in [0, 0.05) is 19.3 Å². The van der Waals surface area contributed by atoms with E-state index in [-0.39, 0.29) is 31.1 Å². The van der Waals surface area contributed by atoms with E-state index in [0.717, 1.165) is 57.8 Å². The summed E-state index contributed by atoms with van der Waals surface area (Å²) in [5.41, 5.74) is 0. The van der Waals surface area contributed by atoms with Gasteiger partial charge in [-0.15, -0.1) is 0 Å². The summed E-state index contributed by atoms with van der Waals surface area (Å²) < 4.78 is 16.8. The van der Waals surface area contributed by atoms with Crippen molar-refractivity contribution in [3.05, 3.63) is 24.3 Å². The molecule has 0 rings (SSSR count). The number of carbonyl (C=O) groups excluding carboxylic acids is 3. The van der Waals surface area contributed by atoms with Gasteiger partial charge in [0.15, 0.2) is 6.10 Å². The van der Waals surface area contributed by atoms with Gasteiger partial charge >= 0.3 is 17.9 Å². The third-order valence-corrected chi connectivity index (χ3v) is 13.2. The van der Waals surface area contributed by atoms with E-state index >= 15 is 0 Å². The largest absolute Gasteiger partial charge is 0.462 e. The van der Waals surface area contributed by atoms with E-state index in [2.05, 4.69) is 45.1 Å². The lowest BCUT2D eigenvalue weighted by atomic mass is 10.0. The Morgan fingerprint density at radius 2 is 0.500 bits per heavy atom. The van der Waals surface area contributed by atoms with Crippen molar-refractivity contribution in [3.8, 4) is 0 Å². The Labute approximate surface area is 411 Å². The van der Waals surface area contributed by atoms with Crippen molar-refractivity contribution < 1.29 is 28.6 Å². The predicted octanol–water partition coefficient (Wildman–Crippen LogP) is 19.5. The summed E-state index contributed by atoms with van der Waals surface area (Å²) in [6, 6.07) is 0. The molecule has 0 spiro atoms. The predicted molar refractivity (Wildman–Crippen MR) is 284 cm³/mol. The molecule has 0 heterocycles. The van der Waals surface area contributed by atoms with Crippen LogP contribution in [0.15, 0.2) is 24.3 Å². The van der Waals surface area contributed by atoms with Gasteiger partial charge < -0.3 is 14.2 Å². The Morgan fingerprint density at radius 3 is 0.758 bits per heavy atom. The summed E-state index contributed by atoms with van der Waals surface area (Å²) in [5.74, 6) is -0.861. The molecular formula is C60H112O6. The number of unbranched alkanes of at least 4 members (excludes halogenated alkanes) is 39. The summed E-state index contributed by atoms with van der Waals surface area (Å²) in [6.07, 6.45) is 64.7. The maximum Gasteiger partial charge on any atom is 0.306 e. The van der Waals surface area contributed by atoms with Gasteiger partial charge in [-0.3, -0.25) is 14.4 Å². The molecule has 0 aliphatic carbocycles. The van der Waals surface area contributed by atoms with Crippen LogP contribution in [0.5, 0.6) is 0 Å². The standard InChI is InChI=1S/C60H112O6/c1-4-7-10-13-16-19-21-23-25-27-28-29-30-31-32-34-35-37-39-41-44-47-50-53-59(62)65-56-57(55-64-58(61)52-49-46-43-18-15-12-9-6-3)66-60(63)54-51-48-45-42-40-38-36-33-26-24-22-20-17-14-11-8-5-2/h24,26-28,57H,4-23,25,29-56H2,1-3H3/b26-24-,28-27-. The van der Waals surface area contributed by atoms with Gasteiger partial charge in [-0.1, -0.05) is 257 Å². The van der Waals surface area contributed by atoms with Gasteiger partial charge in [0.05, 0.1) is 0 Å². The summed E-state index contributed by atoms with van der Waals surface area (Å²) >= 11 is 0. The van der Waals surface area contributed by atoms with Crippen molar-refractivity contribution in [1.82, 2.24) is 0 Å². The van der Waals surface area contributed by atoms with Gasteiger partial charge in [0.2, 0.25) is 0 Å². The molecule has 0 bridgehead atoms. The van der Waals surface area contributed by atoms with Crippen LogP contribution in [-0.2, 0) is 28.6 Å². The van der Waals surface area contributed by atoms with Crippen molar-refractivity contribution in [2.45, 2.75) is 329 Å². The highest BCUT2D eigenvalue weighted by Crippen LogP contribution is 2.16. The second-order valence-electron chi connectivity index (χ2n) is 19.9. The minimum atomic E-state index is -0.769. The summed E-state index contributed by atoms with van der Waals surface area (Å²) in [6.45, 7) is 6.64. The summed E-state index contributed by atoms with van der Waals surface area (Å²) in [4.78, 5) is 38.0. The molecule has 0 saturated heterocycles. The van der Waals surface area contributed by atoms with Crippen molar-refractivity contribution in [3.63, 3.8) is 0 Å². The topological polar surface area (TPSA) is 78.9 Å². The second-order valence-corrected chi connectivity index (χ2v) is 19.9. The molecule has 0 amide bonds. The van der Waals surface area contributed by atoms with Crippen molar-refractivity contribution in [2.75, 3.05) is 13.2 Å². The summed E-state index contributed by atoms with van der Waals surface area (Å²) in [7, 11) is 0. The number of esters is 3. The molecule has 6 heteroatoms. The smallest absolute Gasteiger partial charge is 0.306 e. The second kappa shape index (κ2) is 55.5. The molecule has 0 fully saturated rings. The molecule has 388 valence electrons. The molecule has 6 nitrogen and oxygen atoms in total. The molecule has 0 aromatic carbocycles. The molecule has 0 aromatic heterocycles. The van der Waals surface area contributed by atoms with Gasteiger partial charge in [0.1, 0.15) is 13.2 Å². The summed E-state index contributed by atoms with van der Waals surface area (Å²) in [5, 5.41) is 0. The van der Waals surface area contributed by atoms with Crippen molar-refractivity contribution >= 4 is 17.9 Å². The fraction of sp³-hybridized carbons (Fsp3) is 0.883. The van der Waals surface area contributed by atoms with Crippen molar-refractivity contribution in [1.29, 1.82) is 0 Å². The van der Waals surface area contributed by atoms with Crippen molar-refractivity contribution in [2.24, 2.45) is 0 Å². The third-order valence-electron chi connectivity index (χ3n) is 13.2. The lowest BCUT2D eigenvalue weighted by Crippen LogP contribution is -2.30. The Hall–Kier alpha value is -2.11. The normalized spacial score (nSPS) is 12.1. The number of allylic oxidation sites excluding steroid dienone is 4. The zero-order valence-electron chi connectivity index (χ0n) is 44.5. The van der Waals surface area contributed by atoms with Gasteiger partial charge in [-0.05, 0) is 70.6 Å². The highest BCUT2D eigenvalue weighted by molar-refractivity contribution is 5.71. The minimum Gasteiger partial charge on any atom is -0.462 e. The number of rotatable bonds is 54. The van der Waals surface area contributed by atoms with Gasteiger partial charge in [0.25, 0.3) is 0 Å². The first-order valence-electron chi connectivity index (χ1n) is 29.3. The maximum atomic E-state index is 12.8. The van der Waals surface area contributed by atoms with E-state index in [0.29, 0.717) is 19.3 Å². The highest BCUT2D eigenvalue weighted by atomic mass is 16.6. The molecule has 0 N–H and O–H groups in total. The molecule has 0 aliphatic rings. The van der Waals surface area contributed by atoms with Gasteiger partial charge in [-0.25, -0.2) is 0 Å². The molecule has 0 radical (unpaired) electrons. The lowest BCUT2D eigenvalue weighted by Gasteiger charge is -2.18. The number of hydrogen-bond acceptors (Lipinski definition) is 6. The SMILES string of the molecule is CCCCCCCC/C=C\CCCCCCCCCC(=O)OC(COC(=O)CCCCCCCCCC)COC(=O)CCCCCCCCCCCCC/C=C\CCCCCCCCCC. The number of hydrogen-bond donors (Lipinski definition) is 0. The number of ether oxygens (including phenoxy) is 3. The molecule has 0 aromatic rings. The first-order chi connectivity index (χ1) is 32.5. The van der Waals surface area contributed by atoms with E-state index in [4.69, 9.17) is 14.2 Å². The van der Waals surface area contributed by atoms with Gasteiger partial charge in [-0.2, -0.15) is 0 Å². The molecule has 1 atom stereocenters. The quantitative estimate of drug-likeness (QED) is 0.0262. The molecule has 0 aliphatic heterocycles. The molecule has 1 unspecified atom stereocenters. The zero-order valence-corrected chi connectivity index (χ0v) is 44.5. The van der Waals surface area contributed by atoms with Crippen LogP contribution in [0.4, 0.5) is 0 Å². The zero-order chi connectivity index (χ0) is 47.9. The van der Waals surface area contributed by atoms with Crippen LogP contribution < -0.4 is 0 Å². The minimum absolute atomic E-state index is 0.0695. The Bertz CT molecular complexity index is 1070. The molecule has 0 saturated carbocycles. The van der Waals surface area contributed by atoms with E-state index in [1.807, 2.05) is 0 Å². The molecule has 66 heavy (non-hydrogen) atoms. The average molecular weight is 930 g/mol. The van der Waals surface area contributed by atoms with Crippen LogP contribution >= 0.6 is 0 Å². The van der Waals surface area contributed by atoms with E-state index in [9.17, 15) is 14.4 Å². The molecular weight excluding hydrogens is 817 g/mol. The van der Waals surface area contributed by atoms with Crippen LogP contribution in [0.2, 0.25) is 0 Å². The van der Waals surface area contributed by atoms with Crippen LogP contribution in [0.3, 0.4) is 0 Å². The highest BCUT2D eigenvalue weighted by Gasteiger charge is 2.19. The third kappa shape index (κ3) is 52.9. The van der Waals surface area contributed by atoms with Crippen LogP contribution in [0, 0.1) is 0 Å². The van der Waals surface area contributed by atoms with Crippen LogP contribution in [-0.4, -0.2) is 37.2 Å². The van der Waals surface area contributed by atoms with E-state index < -0.39 is 6.10 Å². The fourth-order valence-corrected chi connectivity index (χ4v) is 8.73. The van der Waals surface area contributed by atoms with E-state index in [1.54, 1.807) is 0 Å². The average Bonchev–Trinajstić information content (AvgIpc) is 3.31. The fourth-order valence-electron chi connectivity index (χ4n) is 8.73. The Morgan fingerprint density at radius 1 is 0.288 bits per heavy atom. The Balaban J connectivity index is 4.17.